The van der Waals surface area contributed by atoms with Gasteiger partial charge in [-0.25, -0.2) is 13.1 Å². The van der Waals surface area contributed by atoms with Crippen molar-refractivity contribution in [1.29, 1.82) is 0 Å². The molecule has 0 saturated heterocycles. The van der Waals surface area contributed by atoms with Crippen LogP contribution in [0, 0.1) is 5.92 Å². The van der Waals surface area contributed by atoms with E-state index in [9.17, 15) is 13.2 Å². The predicted molar refractivity (Wildman–Crippen MR) is 62.7 cm³/mol. The second-order valence-corrected chi connectivity index (χ2v) is 6.17. The van der Waals surface area contributed by atoms with Gasteiger partial charge < -0.3 is 5.11 Å². The van der Waals surface area contributed by atoms with E-state index in [2.05, 4.69) is 4.72 Å². The number of carboxylic acids is 1. The molecule has 0 spiro atoms. The van der Waals surface area contributed by atoms with Crippen molar-refractivity contribution in [2.24, 2.45) is 5.92 Å². The van der Waals surface area contributed by atoms with Crippen LogP contribution in [0.3, 0.4) is 0 Å². The van der Waals surface area contributed by atoms with Crippen LogP contribution in [0.2, 0.25) is 0 Å². The van der Waals surface area contributed by atoms with Crippen LogP contribution in [0.15, 0.2) is 0 Å². The molecule has 0 aromatic carbocycles. The third kappa shape index (κ3) is 6.79. The summed E-state index contributed by atoms with van der Waals surface area (Å²) in [6.07, 6.45) is 1.48. The molecule has 0 radical (unpaired) electrons. The maximum absolute atomic E-state index is 11.6. The van der Waals surface area contributed by atoms with Gasteiger partial charge in [0.15, 0.2) is 0 Å². The molecule has 0 fully saturated rings. The molecule has 0 aliphatic heterocycles. The van der Waals surface area contributed by atoms with Gasteiger partial charge in [0, 0.05) is 0 Å². The minimum Gasteiger partial charge on any atom is -0.480 e. The van der Waals surface area contributed by atoms with E-state index in [1.165, 1.54) is 0 Å². The summed E-state index contributed by atoms with van der Waals surface area (Å²) >= 11 is 0. The number of carboxylic acid groups (broad SMARTS) is 1. The van der Waals surface area contributed by atoms with Gasteiger partial charge in [0.2, 0.25) is 10.0 Å². The quantitative estimate of drug-likeness (QED) is 0.679. The van der Waals surface area contributed by atoms with Crippen molar-refractivity contribution in [3.8, 4) is 0 Å². The van der Waals surface area contributed by atoms with Gasteiger partial charge in [0.25, 0.3) is 0 Å². The van der Waals surface area contributed by atoms with Crippen molar-refractivity contribution in [1.82, 2.24) is 4.72 Å². The van der Waals surface area contributed by atoms with E-state index in [-0.39, 0.29) is 11.7 Å². The van der Waals surface area contributed by atoms with Gasteiger partial charge in [-0.2, -0.15) is 0 Å². The molecule has 0 heterocycles. The summed E-state index contributed by atoms with van der Waals surface area (Å²) in [7, 11) is -3.47. The van der Waals surface area contributed by atoms with Crippen LogP contribution in [-0.4, -0.2) is 31.3 Å². The van der Waals surface area contributed by atoms with Crippen LogP contribution >= 0.6 is 0 Å². The molecular weight excluding hydrogens is 230 g/mol. The van der Waals surface area contributed by atoms with Crippen LogP contribution in [0.1, 0.15) is 40.0 Å². The van der Waals surface area contributed by atoms with Crippen LogP contribution in [0.5, 0.6) is 0 Å². The minimum absolute atomic E-state index is 0.0157. The molecule has 0 rings (SSSR count). The Hall–Kier alpha value is -0.620. The average Bonchev–Trinajstić information content (AvgIpc) is 2.14. The number of nitrogens with one attached hydrogen (secondary N) is 1. The Balaban J connectivity index is 4.36. The first-order chi connectivity index (χ1) is 7.28. The molecular formula is C10H21NO4S. The Bertz CT molecular complexity index is 311. The van der Waals surface area contributed by atoms with Crippen molar-refractivity contribution in [3.63, 3.8) is 0 Å². The number of hydrogen-bond acceptors (Lipinski definition) is 3. The third-order valence-electron chi connectivity index (χ3n) is 2.16. The van der Waals surface area contributed by atoms with Gasteiger partial charge in [0.1, 0.15) is 6.04 Å². The summed E-state index contributed by atoms with van der Waals surface area (Å²) in [4.78, 5) is 10.8. The summed E-state index contributed by atoms with van der Waals surface area (Å²) in [5, 5.41) is 8.82. The van der Waals surface area contributed by atoms with Crippen LogP contribution < -0.4 is 4.72 Å². The van der Waals surface area contributed by atoms with E-state index in [1.54, 1.807) is 0 Å². The number of rotatable bonds is 8. The molecule has 0 aliphatic rings. The topological polar surface area (TPSA) is 83.5 Å². The standard InChI is InChI=1S/C10H21NO4S/c1-4-5-9(10(12)13)11-16(14,15)7-6-8(2)3/h8-9,11H,4-7H2,1-3H3,(H,12,13)/t9-/m1/s1. The number of hydrogen-bond donors (Lipinski definition) is 2. The van der Waals surface area contributed by atoms with E-state index in [0.29, 0.717) is 19.3 Å². The maximum Gasteiger partial charge on any atom is 0.321 e. The fourth-order valence-corrected chi connectivity index (χ4v) is 2.74. The molecule has 0 amide bonds. The lowest BCUT2D eigenvalue weighted by molar-refractivity contribution is -0.139. The second-order valence-electron chi connectivity index (χ2n) is 4.30. The molecule has 0 aromatic rings. The molecule has 5 nitrogen and oxygen atoms in total. The van der Waals surface area contributed by atoms with E-state index in [1.807, 2.05) is 20.8 Å². The highest BCUT2D eigenvalue weighted by atomic mass is 32.2. The lowest BCUT2D eigenvalue weighted by Crippen LogP contribution is -2.41. The van der Waals surface area contributed by atoms with Gasteiger partial charge in [-0.15, -0.1) is 0 Å². The van der Waals surface area contributed by atoms with Gasteiger partial charge >= 0.3 is 5.97 Å². The summed E-state index contributed by atoms with van der Waals surface area (Å²) in [5.74, 6) is -0.848. The molecule has 0 aromatic heterocycles. The SMILES string of the molecule is CCC[C@@H](NS(=O)(=O)CCC(C)C)C(=O)O. The Kier molecular flexibility index (Phi) is 6.59. The van der Waals surface area contributed by atoms with Gasteiger partial charge in [0.05, 0.1) is 5.75 Å². The zero-order valence-electron chi connectivity index (χ0n) is 10.1. The molecule has 0 saturated carbocycles. The number of sulfonamides is 1. The minimum atomic E-state index is -3.47. The lowest BCUT2D eigenvalue weighted by Gasteiger charge is -2.14. The van der Waals surface area contributed by atoms with Crippen molar-refractivity contribution in [2.45, 2.75) is 46.1 Å². The first-order valence-corrected chi connectivity index (χ1v) is 7.16. The van der Waals surface area contributed by atoms with Crippen LogP contribution in [-0.2, 0) is 14.8 Å². The first kappa shape index (κ1) is 15.4. The number of aliphatic carboxylic acids is 1. The molecule has 0 aliphatic carbocycles. The summed E-state index contributed by atoms with van der Waals surface area (Å²) < 4.78 is 25.3. The van der Waals surface area contributed by atoms with Crippen molar-refractivity contribution in [2.75, 3.05) is 5.75 Å². The smallest absolute Gasteiger partial charge is 0.321 e. The fourth-order valence-electron chi connectivity index (χ4n) is 1.19. The molecule has 1 atom stereocenters. The lowest BCUT2D eigenvalue weighted by atomic mass is 10.2. The van der Waals surface area contributed by atoms with Crippen LogP contribution in [0.4, 0.5) is 0 Å². The van der Waals surface area contributed by atoms with E-state index < -0.39 is 22.0 Å². The molecule has 96 valence electrons. The monoisotopic (exact) mass is 251 g/mol. The molecule has 0 bridgehead atoms. The van der Waals surface area contributed by atoms with E-state index in [4.69, 9.17) is 5.11 Å². The Labute approximate surface area is 97.3 Å². The Morgan fingerprint density at radius 2 is 1.88 bits per heavy atom. The van der Waals surface area contributed by atoms with Crippen molar-refractivity contribution in [3.05, 3.63) is 0 Å². The molecule has 6 heteroatoms. The van der Waals surface area contributed by atoms with E-state index in [0.717, 1.165) is 0 Å². The zero-order valence-corrected chi connectivity index (χ0v) is 10.9. The highest BCUT2D eigenvalue weighted by Crippen LogP contribution is 2.04. The summed E-state index contributed by atoms with van der Waals surface area (Å²) in [6, 6.07) is -0.998. The average molecular weight is 251 g/mol. The van der Waals surface area contributed by atoms with Gasteiger partial charge in [-0.05, 0) is 18.8 Å². The maximum atomic E-state index is 11.6. The van der Waals surface area contributed by atoms with Gasteiger partial charge in [-0.1, -0.05) is 27.2 Å². The zero-order chi connectivity index (χ0) is 12.8. The largest absolute Gasteiger partial charge is 0.480 e. The normalized spacial score (nSPS) is 14.0. The number of carbonyl (C=O) groups is 1. The van der Waals surface area contributed by atoms with E-state index >= 15 is 0 Å². The fraction of sp³-hybridized carbons (Fsp3) is 0.900. The summed E-state index contributed by atoms with van der Waals surface area (Å²) in [5.41, 5.74) is 0. The highest BCUT2D eigenvalue weighted by molar-refractivity contribution is 7.89. The van der Waals surface area contributed by atoms with Crippen LogP contribution in [0.25, 0.3) is 0 Å². The molecule has 0 unspecified atom stereocenters. The third-order valence-corrected chi connectivity index (χ3v) is 3.58. The second kappa shape index (κ2) is 6.85. The highest BCUT2D eigenvalue weighted by Gasteiger charge is 2.22. The molecule has 16 heavy (non-hydrogen) atoms. The Morgan fingerprint density at radius 3 is 2.25 bits per heavy atom. The Morgan fingerprint density at radius 1 is 1.31 bits per heavy atom. The predicted octanol–water partition coefficient (Wildman–Crippen LogP) is 1.21. The van der Waals surface area contributed by atoms with Crippen molar-refractivity contribution >= 4 is 16.0 Å². The van der Waals surface area contributed by atoms with Gasteiger partial charge in [-0.3, -0.25) is 4.79 Å². The summed E-state index contributed by atoms with van der Waals surface area (Å²) in [6.45, 7) is 5.67. The van der Waals surface area contributed by atoms with Crippen molar-refractivity contribution < 1.29 is 18.3 Å². The first-order valence-electron chi connectivity index (χ1n) is 5.51. The molecule has 2 N–H and O–H groups in total.